The van der Waals surface area contributed by atoms with E-state index in [9.17, 15) is 4.79 Å². The topological polar surface area (TPSA) is 47.8 Å². The van der Waals surface area contributed by atoms with Crippen LogP contribution in [0, 0.1) is 0 Å². The van der Waals surface area contributed by atoms with Crippen LogP contribution in [-0.4, -0.2) is 14.5 Å². The molecule has 0 spiro atoms. The predicted molar refractivity (Wildman–Crippen MR) is 90.7 cm³/mol. The number of para-hydroxylation sites is 1. The summed E-state index contributed by atoms with van der Waals surface area (Å²) in [5.74, 6) is 0.508. The minimum Gasteiger partial charge on any atom is -0.268 e. The first-order valence-corrected chi connectivity index (χ1v) is 8.21. The van der Waals surface area contributed by atoms with Gasteiger partial charge in [0, 0.05) is 6.20 Å². The molecule has 106 valence electrons. The molecule has 2 aromatic heterocycles. The van der Waals surface area contributed by atoms with Gasteiger partial charge in [-0.1, -0.05) is 55.6 Å². The molecule has 1 aromatic carbocycles. The smallest absolute Gasteiger partial charge is 0.266 e. The zero-order valence-corrected chi connectivity index (χ0v) is 14.4. The van der Waals surface area contributed by atoms with Gasteiger partial charge in [0.05, 0.1) is 16.6 Å². The maximum absolute atomic E-state index is 12.8. The predicted octanol–water partition coefficient (Wildman–Crippen LogP) is 4.22. The fourth-order valence-electron chi connectivity index (χ4n) is 2.07. The fraction of sp³-hybridized carbons (Fsp3) is 0.0714. The molecule has 3 aromatic rings. The van der Waals surface area contributed by atoms with E-state index in [1.54, 1.807) is 36.5 Å². The third-order valence-electron chi connectivity index (χ3n) is 2.98. The third-order valence-corrected chi connectivity index (χ3v) is 4.09. The monoisotopic (exact) mass is 427 g/mol. The van der Waals surface area contributed by atoms with Gasteiger partial charge >= 0.3 is 0 Å². The lowest BCUT2D eigenvalue weighted by Crippen LogP contribution is -2.24. The van der Waals surface area contributed by atoms with Crippen molar-refractivity contribution < 1.29 is 0 Å². The molecule has 0 radical (unpaired) electrons. The Labute approximate surface area is 142 Å². The molecular weight excluding hydrogens is 421 g/mol. The van der Waals surface area contributed by atoms with Gasteiger partial charge in [0.25, 0.3) is 5.56 Å². The van der Waals surface area contributed by atoms with Crippen molar-refractivity contribution in [2.45, 2.75) is 3.74 Å². The second-order valence-corrected chi connectivity index (χ2v) is 7.66. The highest BCUT2D eigenvalue weighted by Gasteiger charge is 2.18. The van der Waals surface area contributed by atoms with Crippen molar-refractivity contribution in [2.75, 3.05) is 0 Å². The summed E-state index contributed by atoms with van der Waals surface area (Å²) in [4.78, 5) is 21.4. The number of alkyl halides is 2. The van der Waals surface area contributed by atoms with E-state index in [1.807, 2.05) is 6.07 Å². The lowest BCUT2D eigenvalue weighted by Gasteiger charge is -2.14. The van der Waals surface area contributed by atoms with Crippen LogP contribution in [0.4, 0.5) is 0 Å². The summed E-state index contributed by atoms with van der Waals surface area (Å²) in [6, 6.07) is 10.7. The minimum absolute atomic E-state index is 0.186. The molecule has 0 unspecified atom stereocenters. The molecule has 0 aliphatic carbocycles. The first kappa shape index (κ1) is 14.7. The lowest BCUT2D eigenvalue weighted by molar-refractivity contribution is 0.880. The summed E-state index contributed by atoms with van der Waals surface area (Å²) in [5, 5.41) is 0.778. The minimum atomic E-state index is -0.293. The SMILES string of the molecule is O=c1c2ccccc2nc(C(Br)Br)n1-c1cccnc1Cl. The first-order chi connectivity index (χ1) is 10.1. The van der Waals surface area contributed by atoms with Crippen LogP contribution in [-0.2, 0) is 0 Å². The Morgan fingerprint density at radius 1 is 1.14 bits per heavy atom. The number of hydrogen-bond acceptors (Lipinski definition) is 3. The van der Waals surface area contributed by atoms with Crippen LogP contribution in [0.5, 0.6) is 0 Å². The van der Waals surface area contributed by atoms with Gasteiger partial charge < -0.3 is 0 Å². The zero-order chi connectivity index (χ0) is 15.0. The fourth-order valence-corrected chi connectivity index (χ4v) is 2.89. The molecule has 0 fully saturated rings. The van der Waals surface area contributed by atoms with Gasteiger partial charge in [0.1, 0.15) is 9.56 Å². The molecule has 7 heteroatoms. The standard InChI is InChI=1S/C14H8Br2ClN3O/c15-11(16)13-19-9-5-2-1-4-8(9)14(21)20(13)10-6-3-7-18-12(10)17/h1-7,11H. The number of pyridine rings is 1. The average molecular weight is 429 g/mol. The Hall–Kier alpha value is -1.24. The highest BCUT2D eigenvalue weighted by molar-refractivity contribution is 9.24. The van der Waals surface area contributed by atoms with E-state index in [-0.39, 0.29) is 14.4 Å². The first-order valence-electron chi connectivity index (χ1n) is 6.00. The number of benzene rings is 1. The average Bonchev–Trinajstić information content (AvgIpc) is 2.48. The summed E-state index contributed by atoms with van der Waals surface area (Å²) in [7, 11) is 0. The van der Waals surface area contributed by atoms with Crippen molar-refractivity contribution in [3.63, 3.8) is 0 Å². The van der Waals surface area contributed by atoms with E-state index in [4.69, 9.17) is 11.6 Å². The van der Waals surface area contributed by atoms with Gasteiger partial charge in [-0.15, -0.1) is 0 Å². The summed E-state index contributed by atoms with van der Waals surface area (Å²) >= 11 is 12.9. The highest BCUT2D eigenvalue weighted by atomic mass is 79.9. The lowest BCUT2D eigenvalue weighted by atomic mass is 10.2. The third kappa shape index (κ3) is 2.63. The number of halogens is 3. The van der Waals surface area contributed by atoms with Crippen LogP contribution in [0.3, 0.4) is 0 Å². The Morgan fingerprint density at radius 2 is 1.90 bits per heavy atom. The van der Waals surface area contributed by atoms with Crippen molar-refractivity contribution in [3.05, 3.63) is 63.9 Å². The van der Waals surface area contributed by atoms with E-state index in [0.29, 0.717) is 22.4 Å². The quantitative estimate of drug-likeness (QED) is 0.453. The zero-order valence-electron chi connectivity index (χ0n) is 10.5. The summed E-state index contributed by atoms with van der Waals surface area (Å²) in [5.41, 5.74) is 0.952. The van der Waals surface area contributed by atoms with Gasteiger partial charge in [-0.05, 0) is 24.3 Å². The van der Waals surface area contributed by atoms with E-state index in [0.717, 1.165) is 0 Å². The molecule has 3 rings (SSSR count). The summed E-state index contributed by atoms with van der Waals surface area (Å²) in [6.45, 7) is 0. The maximum Gasteiger partial charge on any atom is 0.266 e. The molecule has 0 aliphatic rings. The molecule has 0 aliphatic heterocycles. The van der Waals surface area contributed by atoms with Gasteiger partial charge in [0.15, 0.2) is 5.15 Å². The van der Waals surface area contributed by atoms with E-state index < -0.39 is 0 Å². The van der Waals surface area contributed by atoms with Crippen LogP contribution in [0.1, 0.15) is 9.56 Å². The molecule has 0 bridgehead atoms. The van der Waals surface area contributed by atoms with Crippen LogP contribution in [0.25, 0.3) is 16.6 Å². The van der Waals surface area contributed by atoms with Crippen LogP contribution in [0.15, 0.2) is 47.4 Å². The van der Waals surface area contributed by atoms with Crippen molar-refractivity contribution >= 4 is 54.4 Å². The van der Waals surface area contributed by atoms with Gasteiger partial charge in [-0.2, -0.15) is 0 Å². The Bertz CT molecular complexity index is 879. The molecular formula is C14H8Br2ClN3O. The van der Waals surface area contributed by atoms with Gasteiger partial charge in [-0.25, -0.2) is 9.97 Å². The van der Waals surface area contributed by atoms with Crippen molar-refractivity contribution in [3.8, 4) is 5.69 Å². The molecule has 0 atom stereocenters. The van der Waals surface area contributed by atoms with E-state index >= 15 is 0 Å². The van der Waals surface area contributed by atoms with E-state index in [1.165, 1.54) is 4.57 Å². The second kappa shape index (κ2) is 5.87. The van der Waals surface area contributed by atoms with Crippen molar-refractivity contribution in [1.82, 2.24) is 14.5 Å². The summed E-state index contributed by atoms with van der Waals surface area (Å²) in [6.07, 6.45) is 1.57. The van der Waals surface area contributed by atoms with Crippen LogP contribution in [0.2, 0.25) is 5.15 Å². The number of fused-ring (bicyclic) bond motifs is 1. The van der Waals surface area contributed by atoms with Gasteiger partial charge in [0.2, 0.25) is 0 Å². The maximum atomic E-state index is 12.8. The van der Waals surface area contributed by atoms with Crippen molar-refractivity contribution in [2.24, 2.45) is 0 Å². The van der Waals surface area contributed by atoms with Crippen molar-refractivity contribution in [1.29, 1.82) is 0 Å². The van der Waals surface area contributed by atoms with E-state index in [2.05, 4.69) is 41.8 Å². The second-order valence-electron chi connectivity index (χ2n) is 4.24. The molecule has 0 saturated carbocycles. The number of rotatable bonds is 2. The number of hydrogen-bond donors (Lipinski definition) is 0. The van der Waals surface area contributed by atoms with Gasteiger partial charge in [-0.3, -0.25) is 9.36 Å². The molecule has 21 heavy (non-hydrogen) atoms. The molecule has 0 saturated heterocycles. The number of nitrogens with zero attached hydrogens (tertiary/aromatic N) is 3. The van der Waals surface area contributed by atoms with Crippen LogP contribution >= 0.6 is 43.5 Å². The highest BCUT2D eigenvalue weighted by Crippen LogP contribution is 2.30. The molecule has 4 nitrogen and oxygen atoms in total. The normalized spacial score (nSPS) is 11.2. The molecule has 0 N–H and O–H groups in total. The Kier molecular flexibility index (Phi) is 4.10. The largest absolute Gasteiger partial charge is 0.268 e. The Morgan fingerprint density at radius 3 is 2.62 bits per heavy atom. The molecule has 2 heterocycles. The molecule has 0 amide bonds. The summed E-state index contributed by atoms with van der Waals surface area (Å²) < 4.78 is 1.17. The van der Waals surface area contributed by atoms with Crippen LogP contribution < -0.4 is 5.56 Å². The number of aromatic nitrogens is 3. The Balaban J connectivity index is 2.46.